The molecule has 0 unspecified atom stereocenters. The number of hydrogen-bond acceptors (Lipinski definition) is 5. The monoisotopic (exact) mass is 706 g/mol. The van der Waals surface area contributed by atoms with E-state index < -0.39 is 0 Å². The maximum atomic E-state index is 13.4. The van der Waals surface area contributed by atoms with Gasteiger partial charge in [-0.15, -0.1) is 0 Å². The van der Waals surface area contributed by atoms with Gasteiger partial charge in [-0.2, -0.15) is 0 Å². The van der Waals surface area contributed by atoms with Crippen LogP contribution >= 0.6 is 11.8 Å². The van der Waals surface area contributed by atoms with Crippen LogP contribution in [0, 0.1) is 0 Å². The van der Waals surface area contributed by atoms with Gasteiger partial charge in [-0.25, -0.2) is 0 Å². The Kier molecular flexibility index (Phi) is 9.03. The highest BCUT2D eigenvalue weighted by Gasteiger charge is 2.37. The fraction of sp³-hybridized carbons (Fsp3) is 0.0833. The molecule has 2 aliphatic rings. The Bertz CT molecular complexity index is 2390. The van der Waals surface area contributed by atoms with Crippen LogP contribution in [0.2, 0.25) is 0 Å². The van der Waals surface area contributed by atoms with Crippen molar-refractivity contribution in [1.82, 2.24) is 0 Å². The van der Waals surface area contributed by atoms with Crippen LogP contribution in [0.1, 0.15) is 58.2 Å². The average Bonchev–Trinajstić information content (AvgIpc) is 3.20. The molecule has 2 heterocycles. The minimum absolute atomic E-state index is 0.0333. The number of carbonyl (C=O) groups excluding carboxylic acids is 2. The fourth-order valence-corrected chi connectivity index (χ4v) is 8.52. The molecule has 0 radical (unpaired) electrons. The molecule has 0 amide bonds. The predicted molar refractivity (Wildman–Crippen MR) is 218 cm³/mol. The minimum atomic E-state index is -0.123. The Morgan fingerprint density at radius 1 is 0.434 bits per heavy atom. The van der Waals surface area contributed by atoms with Crippen LogP contribution in [-0.2, 0) is 5.41 Å². The summed E-state index contributed by atoms with van der Waals surface area (Å²) in [6.07, 6.45) is 0. The SMILES string of the molecule is CC(=O)c1ccccc1N1c2ccccc2Sc2ccccc21.CC1(C)c2ccccc2N(c2ccccc2C(=O)c2ccccc2)c2ccccc21. The molecule has 0 spiro atoms. The lowest BCUT2D eigenvalue weighted by molar-refractivity contribution is 0.101. The summed E-state index contributed by atoms with van der Waals surface area (Å²) in [5.41, 5.74) is 10.8. The number of para-hydroxylation sites is 6. The number of hydrogen-bond donors (Lipinski definition) is 0. The Morgan fingerprint density at radius 3 is 1.34 bits per heavy atom. The molecule has 0 bridgehead atoms. The van der Waals surface area contributed by atoms with Crippen molar-refractivity contribution in [3.63, 3.8) is 0 Å². The van der Waals surface area contributed by atoms with Crippen molar-refractivity contribution in [1.29, 1.82) is 0 Å². The summed E-state index contributed by atoms with van der Waals surface area (Å²) in [5, 5.41) is 0. The number of anilines is 6. The number of Topliss-reactive ketones (excluding diaryl/α,β-unsaturated/α-hetero) is 1. The first kappa shape index (κ1) is 33.9. The van der Waals surface area contributed by atoms with Gasteiger partial charge in [0.05, 0.1) is 34.1 Å². The maximum Gasteiger partial charge on any atom is 0.195 e. The molecule has 0 fully saturated rings. The van der Waals surface area contributed by atoms with E-state index in [9.17, 15) is 9.59 Å². The maximum absolute atomic E-state index is 13.4. The van der Waals surface area contributed by atoms with Gasteiger partial charge < -0.3 is 9.80 Å². The third-order valence-corrected chi connectivity index (χ3v) is 11.1. The Morgan fingerprint density at radius 2 is 0.811 bits per heavy atom. The summed E-state index contributed by atoms with van der Waals surface area (Å²) < 4.78 is 0. The number of ketones is 2. The standard InChI is InChI=1S/C28H23NO.C20H15NOS/c1-28(2)22-15-7-10-18-25(22)29(26-19-11-8-16-23(26)28)24-17-9-6-14-21(24)27(30)20-12-4-3-5-13-20;1-14(22)15-8-2-3-9-16(15)21-17-10-4-6-12-19(17)23-20-13-7-5-11-18(20)21/h3-19H,1-2H3;2-13H,1H3. The van der Waals surface area contributed by atoms with Gasteiger partial charge in [0.15, 0.2) is 11.6 Å². The summed E-state index contributed by atoms with van der Waals surface area (Å²) in [5.74, 6) is 0.111. The summed E-state index contributed by atoms with van der Waals surface area (Å²) >= 11 is 1.77. The average molecular weight is 707 g/mol. The number of carbonyl (C=O) groups is 2. The molecule has 258 valence electrons. The molecule has 0 aromatic heterocycles. The minimum Gasteiger partial charge on any atom is -0.309 e. The highest BCUT2D eigenvalue weighted by molar-refractivity contribution is 7.99. The second kappa shape index (κ2) is 14.1. The molecule has 0 aliphatic carbocycles. The molecule has 0 saturated carbocycles. The second-order valence-electron chi connectivity index (χ2n) is 13.7. The fourth-order valence-electron chi connectivity index (χ4n) is 7.46. The van der Waals surface area contributed by atoms with Gasteiger partial charge in [-0.05, 0) is 78.7 Å². The Labute approximate surface area is 315 Å². The molecule has 0 atom stereocenters. The normalized spacial score (nSPS) is 13.3. The molecule has 9 rings (SSSR count). The first-order valence-electron chi connectivity index (χ1n) is 17.8. The van der Waals surface area contributed by atoms with Crippen LogP contribution in [-0.4, -0.2) is 11.6 Å². The van der Waals surface area contributed by atoms with Gasteiger partial charge in [0.25, 0.3) is 0 Å². The first-order valence-corrected chi connectivity index (χ1v) is 18.6. The zero-order valence-electron chi connectivity index (χ0n) is 29.9. The van der Waals surface area contributed by atoms with Gasteiger partial charge in [0, 0.05) is 31.9 Å². The van der Waals surface area contributed by atoms with E-state index in [1.165, 1.54) is 20.9 Å². The predicted octanol–water partition coefficient (Wildman–Crippen LogP) is 12.9. The van der Waals surface area contributed by atoms with E-state index in [-0.39, 0.29) is 17.0 Å². The summed E-state index contributed by atoms with van der Waals surface area (Å²) in [4.78, 5) is 32.4. The van der Waals surface area contributed by atoms with Crippen molar-refractivity contribution in [3.8, 4) is 0 Å². The number of rotatable bonds is 5. The molecule has 0 N–H and O–H groups in total. The van der Waals surface area contributed by atoms with Gasteiger partial charge in [-0.3, -0.25) is 9.59 Å². The smallest absolute Gasteiger partial charge is 0.195 e. The molecular formula is C48H38N2O2S. The molecule has 5 heteroatoms. The van der Waals surface area contributed by atoms with Crippen LogP contribution in [0.15, 0.2) is 186 Å². The van der Waals surface area contributed by atoms with E-state index in [0.29, 0.717) is 11.1 Å². The van der Waals surface area contributed by atoms with Crippen LogP contribution < -0.4 is 9.80 Å². The van der Waals surface area contributed by atoms with Crippen molar-refractivity contribution >= 4 is 57.5 Å². The third kappa shape index (κ3) is 6.13. The lowest BCUT2D eigenvalue weighted by atomic mass is 9.73. The van der Waals surface area contributed by atoms with Crippen molar-refractivity contribution in [2.24, 2.45) is 0 Å². The first-order chi connectivity index (χ1) is 25.8. The van der Waals surface area contributed by atoms with Gasteiger partial charge in [0.2, 0.25) is 0 Å². The third-order valence-electron chi connectivity index (χ3n) is 10.0. The van der Waals surface area contributed by atoms with Crippen LogP contribution in [0.3, 0.4) is 0 Å². The highest BCUT2D eigenvalue weighted by Crippen LogP contribution is 2.53. The lowest BCUT2D eigenvalue weighted by Crippen LogP contribution is -2.31. The molecule has 4 nitrogen and oxygen atoms in total. The van der Waals surface area contributed by atoms with Crippen LogP contribution in [0.5, 0.6) is 0 Å². The zero-order chi connectivity index (χ0) is 36.5. The van der Waals surface area contributed by atoms with Gasteiger partial charge >= 0.3 is 0 Å². The van der Waals surface area contributed by atoms with Crippen molar-refractivity contribution in [3.05, 3.63) is 204 Å². The zero-order valence-corrected chi connectivity index (χ0v) is 30.7. The summed E-state index contributed by atoms with van der Waals surface area (Å²) in [7, 11) is 0. The van der Waals surface area contributed by atoms with E-state index in [4.69, 9.17) is 0 Å². The number of nitrogens with zero attached hydrogens (tertiary/aromatic N) is 2. The van der Waals surface area contributed by atoms with E-state index in [1.807, 2.05) is 91.0 Å². The Hall–Kier alpha value is -6.17. The van der Waals surface area contributed by atoms with Crippen molar-refractivity contribution < 1.29 is 9.59 Å². The quantitative estimate of drug-likeness (QED) is 0.167. The van der Waals surface area contributed by atoms with E-state index in [2.05, 4.69) is 109 Å². The van der Waals surface area contributed by atoms with Crippen molar-refractivity contribution in [2.75, 3.05) is 9.80 Å². The largest absolute Gasteiger partial charge is 0.309 e. The second-order valence-corrected chi connectivity index (χ2v) is 14.7. The Balaban J connectivity index is 0.000000156. The van der Waals surface area contributed by atoms with Gasteiger partial charge in [-0.1, -0.05) is 141 Å². The van der Waals surface area contributed by atoms with E-state index in [1.54, 1.807) is 18.7 Å². The highest BCUT2D eigenvalue weighted by atomic mass is 32.2. The topological polar surface area (TPSA) is 40.6 Å². The van der Waals surface area contributed by atoms with E-state index >= 15 is 0 Å². The van der Waals surface area contributed by atoms with Crippen molar-refractivity contribution in [2.45, 2.75) is 36.0 Å². The molecular weight excluding hydrogens is 669 g/mol. The number of benzene rings is 7. The molecule has 2 aliphatic heterocycles. The molecule has 7 aromatic rings. The van der Waals surface area contributed by atoms with E-state index in [0.717, 1.165) is 39.7 Å². The number of fused-ring (bicyclic) bond motifs is 4. The summed E-state index contributed by atoms with van der Waals surface area (Å²) in [6.45, 7) is 6.15. The summed E-state index contributed by atoms with van der Waals surface area (Å²) in [6, 6.07) is 58.8. The van der Waals surface area contributed by atoms with Crippen LogP contribution in [0.4, 0.5) is 34.1 Å². The van der Waals surface area contributed by atoms with Crippen LogP contribution in [0.25, 0.3) is 0 Å². The lowest BCUT2D eigenvalue weighted by Gasteiger charge is -2.42. The molecule has 7 aromatic carbocycles. The van der Waals surface area contributed by atoms with Gasteiger partial charge in [0.1, 0.15) is 0 Å². The molecule has 0 saturated heterocycles. The molecule has 53 heavy (non-hydrogen) atoms.